The maximum Gasteiger partial charge on any atom is 0.308 e. The first-order valence-corrected chi connectivity index (χ1v) is 5.00. The van der Waals surface area contributed by atoms with Gasteiger partial charge >= 0.3 is 5.97 Å². The molecule has 1 aromatic rings. The third-order valence-corrected chi connectivity index (χ3v) is 2.08. The first kappa shape index (κ1) is 12.3. The van der Waals surface area contributed by atoms with Crippen LogP contribution >= 0.6 is 12.8 Å². The summed E-state index contributed by atoms with van der Waals surface area (Å²) in [6.07, 6.45) is 1.20. The van der Waals surface area contributed by atoms with Gasteiger partial charge in [0.05, 0.1) is 6.42 Å². The highest BCUT2D eigenvalue weighted by molar-refractivity contribution is 7.78. The van der Waals surface area contributed by atoms with Gasteiger partial charge in [-0.15, -0.1) is 0 Å². The molecule has 0 radical (unpaired) electrons. The van der Waals surface area contributed by atoms with Gasteiger partial charge in [0.1, 0.15) is 0 Å². The predicted octanol–water partition coefficient (Wildman–Crippen LogP) is 1.51. The van der Waals surface area contributed by atoms with E-state index < -0.39 is 11.9 Å². The molecule has 1 amide bonds. The minimum Gasteiger partial charge on any atom is -0.481 e. The molecule has 0 fully saturated rings. The van der Waals surface area contributed by atoms with Gasteiger partial charge in [-0.3, -0.25) is 14.3 Å². The SMILES string of the molecule is O=C(O)CC(=Cc1ccccc1)C(=O)NS. The van der Waals surface area contributed by atoms with E-state index in [0.29, 0.717) is 0 Å². The molecule has 1 rings (SSSR count). The molecule has 0 aliphatic carbocycles. The van der Waals surface area contributed by atoms with Crippen LogP contribution in [0.1, 0.15) is 12.0 Å². The highest BCUT2D eigenvalue weighted by Gasteiger charge is 2.11. The molecular weight excluding hydrogens is 226 g/mol. The van der Waals surface area contributed by atoms with Crippen molar-refractivity contribution in [3.8, 4) is 0 Å². The number of carboxylic acid groups (broad SMARTS) is 1. The van der Waals surface area contributed by atoms with Crippen LogP contribution in [0.5, 0.6) is 0 Å². The van der Waals surface area contributed by atoms with Crippen LogP contribution in [0.2, 0.25) is 0 Å². The first-order chi connectivity index (χ1) is 7.63. The normalized spacial score (nSPS) is 10.9. The summed E-state index contributed by atoms with van der Waals surface area (Å²) in [7, 11) is 0. The summed E-state index contributed by atoms with van der Waals surface area (Å²) in [5, 5.41) is 8.66. The molecular formula is C11H11NO3S. The maximum absolute atomic E-state index is 11.3. The van der Waals surface area contributed by atoms with E-state index in [9.17, 15) is 9.59 Å². The predicted molar refractivity (Wildman–Crippen MR) is 63.8 cm³/mol. The Hall–Kier alpha value is -1.75. The smallest absolute Gasteiger partial charge is 0.308 e. The van der Waals surface area contributed by atoms with E-state index in [1.165, 1.54) is 6.08 Å². The number of aliphatic carboxylic acids is 1. The molecule has 16 heavy (non-hydrogen) atoms. The van der Waals surface area contributed by atoms with Crippen molar-refractivity contribution >= 4 is 30.8 Å². The van der Waals surface area contributed by atoms with E-state index in [1.54, 1.807) is 12.1 Å². The van der Waals surface area contributed by atoms with Gasteiger partial charge in [0, 0.05) is 5.57 Å². The molecule has 0 aliphatic rings. The number of amides is 1. The standard InChI is InChI=1S/C11H11NO3S/c13-10(14)7-9(11(15)12-16)6-8-4-2-1-3-5-8/h1-6,16H,7H2,(H,12,15)(H,13,14). The van der Waals surface area contributed by atoms with Crippen molar-refractivity contribution in [1.82, 2.24) is 4.72 Å². The zero-order valence-corrected chi connectivity index (χ0v) is 9.28. The number of nitrogens with one attached hydrogen (secondary N) is 1. The first-order valence-electron chi connectivity index (χ1n) is 4.55. The van der Waals surface area contributed by atoms with Gasteiger partial charge in [0.15, 0.2) is 0 Å². The second-order valence-corrected chi connectivity index (χ2v) is 3.32. The zero-order valence-electron chi connectivity index (χ0n) is 8.38. The van der Waals surface area contributed by atoms with Crippen LogP contribution in [0.15, 0.2) is 35.9 Å². The summed E-state index contributed by atoms with van der Waals surface area (Å²) in [5.74, 6) is -1.56. The summed E-state index contributed by atoms with van der Waals surface area (Å²) >= 11 is 3.61. The fourth-order valence-corrected chi connectivity index (χ4v) is 1.33. The van der Waals surface area contributed by atoms with Crippen molar-refractivity contribution in [1.29, 1.82) is 0 Å². The lowest BCUT2D eigenvalue weighted by atomic mass is 10.1. The van der Waals surface area contributed by atoms with Gasteiger partial charge in [-0.25, -0.2) is 0 Å². The Balaban J connectivity index is 2.96. The molecule has 4 nitrogen and oxygen atoms in total. The molecule has 0 saturated heterocycles. The fraction of sp³-hybridized carbons (Fsp3) is 0.0909. The van der Waals surface area contributed by atoms with Crippen LogP contribution < -0.4 is 4.72 Å². The lowest BCUT2D eigenvalue weighted by Crippen LogP contribution is -2.17. The summed E-state index contributed by atoms with van der Waals surface area (Å²) in [6, 6.07) is 9.03. The van der Waals surface area contributed by atoms with E-state index >= 15 is 0 Å². The largest absolute Gasteiger partial charge is 0.481 e. The summed E-state index contributed by atoms with van der Waals surface area (Å²) in [6.45, 7) is 0. The molecule has 2 N–H and O–H groups in total. The molecule has 0 aromatic heterocycles. The van der Waals surface area contributed by atoms with Crippen molar-refractivity contribution in [2.24, 2.45) is 0 Å². The third-order valence-electron chi connectivity index (χ3n) is 1.88. The van der Waals surface area contributed by atoms with Crippen LogP contribution in [-0.4, -0.2) is 17.0 Å². The Kier molecular flexibility index (Phi) is 4.60. The molecule has 84 valence electrons. The lowest BCUT2D eigenvalue weighted by molar-refractivity contribution is -0.137. The quantitative estimate of drug-likeness (QED) is 0.549. The maximum atomic E-state index is 11.3. The van der Waals surface area contributed by atoms with Crippen molar-refractivity contribution in [3.63, 3.8) is 0 Å². The van der Waals surface area contributed by atoms with Crippen LogP contribution in [0.25, 0.3) is 6.08 Å². The van der Waals surface area contributed by atoms with E-state index in [1.807, 2.05) is 18.2 Å². The fourth-order valence-electron chi connectivity index (χ4n) is 1.18. The summed E-state index contributed by atoms with van der Waals surface area (Å²) < 4.78 is 2.11. The van der Waals surface area contributed by atoms with Gasteiger partial charge in [0.25, 0.3) is 5.91 Å². The second-order valence-electron chi connectivity index (χ2n) is 3.09. The molecule has 0 spiro atoms. The molecule has 0 atom stereocenters. The monoisotopic (exact) mass is 237 g/mol. The highest BCUT2D eigenvalue weighted by atomic mass is 32.1. The van der Waals surface area contributed by atoms with Gasteiger partial charge in [-0.05, 0) is 11.6 Å². The number of carbonyl (C=O) groups excluding carboxylic acids is 1. The zero-order chi connectivity index (χ0) is 12.0. The lowest BCUT2D eigenvalue weighted by Gasteiger charge is -2.02. The molecule has 1 aromatic carbocycles. The van der Waals surface area contributed by atoms with E-state index in [-0.39, 0.29) is 12.0 Å². The average molecular weight is 237 g/mol. The molecule has 0 saturated carbocycles. The van der Waals surface area contributed by atoms with Gasteiger partial charge < -0.3 is 5.11 Å². The van der Waals surface area contributed by atoms with Gasteiger partial charge in [0.2, 0.25) is 0 Å². The minimum atomic E-state index is -1.06. The van der Waals surface area contributed by atoms with Gasteiger partial charge in [-0.2, -0.15) is 0 Å². The number of thiol groups is 1. The number of carbonyl (C=O) groups is 2. The van der Waals surface area contributed by atoms with Gasteiger partial charge in [-0.1, -0.05) is 43.1 Å². The Morgan fingerprint density at radius 3 is 2.44 bits per heavy atom. The molecule has 5 heteroatoms. The Labute approximate surface area is 98.5 Å². The average Bonchev–Trinajstić information content (AvgIpc) is 2.28. The van der Waals surface area contributed by atoms with Crippen LogP contribution in [0.3, 0.4) is 0 Å². The second kappa shape index (κ2) is 5.97. The Morgan fingerprint density at radius 1 is 1.31 bits per heavy atom. The Morgan fingerprint density at radius 2 is 1.94 bits per heavy atom. The van der Waals surface area contributed by atoms with Crippen molar-refractivity contribution < 1.29 is 14.7 Å². The van der Waals surface area contributed by atoms with Crippen molar-refractivity contribution in [2.75, 3.05) is 0 Å². The number of carboxylic acids is 1. The topological polar surface area (TPSA) is 66.4 Å². The van der Waals surface area contributed by atoms with Crippen LogP contribution in [0.4, 0.5) is 0 Å². The third kappa shape index (κ3) is 3.78. The molecule has 0 aliphatic heterocycles. The number of hydrogen-bond acceptors (Lipinski definition) is 3. The highest BCUT2D eigenvalue weighted by Crippen LogP contribution is 2.10. The van der Waals surface area contributed by atoms with Crippen LogP contribution in [-0.2, 0) is 9.59 Å². The van der Waals surface area contributed by atoms with Crippen molar-refractivity contribution in [3.05, 3.63) is 41.5 Å². The summed E-state index contributed by atoms with van der Waals surface area (Å²) in [4.78, 5) is 21.9. The van der Waals surface area contributed by atoms with E-state index in [4.69, 9.17) is 5.11 Å². The summed E-state index contributed by atoms with van der Waals surface area (Å²) in [5.41, 5.74) is 0.935. The minimum absolute atomic E-state index is 0.161. The number of hydrogen-bond donors (Lipinski definition) is 3. The van der Waals surface area contributed by atoms with Crippen molar-refractivity contribution in [2.45, 2.75) is 6.42 Å². The Bertz CT molecular complexity index is 414. The van der Waals surface area contributed by atoms with E-state index in [2.05, 4.69) is 17.5 Å². The molecule has 0 heterocycles. The van der Waals surface area contributed by atoms with E-state index in [0.717, 1.165) is 5.56 Å². The molecule has 0 bridgehead atoms. The number of rotatable bonds is 4. The molecule has 0 unspecified atom stereocenters. The van der Waals surface area contributed by atoms with Crippen LogP contribution in [0, 0.1) is 0 Å². The number of benzene rings is 1.